The van der Waals surface area contributed by atoms with E-state index < -0.39 is 26.3 Å². The van der Waals surface area contributed by atoms with Crippen LogP contribution < -0.4 is 4.74 Å². The van der Waals surface area contributed by atoms with E-state index in [1.54, 1.807) is 0 Å². The predicted octanol–water partition coefficient (Wildman–Crippen LogP) is 4.32. The molecule has 0 aliphatic carbocycles. The Labute approximate surface area is 164 Å². The van der Waals surface area contributed by atoms with Gasteiger partial charge in [-0.05, 0) is 31.0 Å². The summed E-state index contributed by atoms with van der Waals surface area (Å²) in [7, 11) is -1.15. The lowest BCUT2D eigenvalue weighted by molar-refractivity contribution is 0.0171. The van der Waals surface area contributed by atoms with Gasteiger partial charge in [0.1, 0.15) is 5.75 Å². The van der Waals surface area contributed by atoms with Crippen LogP contribution in [0.4, 0.5) is 4.79 Å². The molecule has 1 aromatic rings. The van der Waals surface area contributed by atoms with E-state index in [4.69, 9.17) is 9.47 Å². The molecule has 2 atom stereocenters. The number of ether oxygens (including phenoxy) is 2. The summed E-state index contributed by atoms with van der Waals surface area (Å²) in [6.07, 6.45) is -0.682. The van der Waals surface area contributed by atoms with Gasteiger partial charge in [0.2, 0.25) is 0 Å². The molecule has 1 saturated heterocycles. The minimum Gasteiger partial charge on any atom is -0.467 e. The molecule has 0 spiro atoms. The van der Waals surface area contributed by atoms with Crippen molar-refractivity contribution in [3.63, 3.8) is 0 Å². The Morgan fingerprint density at radius 1 is 1.38 bits per heavy atom. The molecule has 6 nitrogen and oxygen atoms in total. The van der Waals surface area contributed by atoms with Crippen molar-refractivity contribution in [3.05, 3.63) is 28.2 Å². The average Bonchev–Trinajstić information content (AvgIpc) is 2.53. The number of piperidine rings is 1. The summed E-state index contributed by atoms with van der Waals surface area (Å²) in [4.78, 5) is 13.0. The first-order valence-electron chi connectivity index (χ1n) is 8.85. The van der Waals surface area contributed by atoms with Crippen LogP contribution in [0, 0.1) is 0 Å². The topological polar surface area (TPSA) is 79.2 Å². The van der Waals surface area contributed by atoms with Gasteiger partial charge in [0, 0.05) is 31.3 Å². The number of aliphatic hydroxyl groups is 1. The fourth-order valence-electron chi connectivity index (χ4n) is 2.92. The van der Waals surface area contributed by atoms with Gasteiger partial charge in [-0.15, -0.1) is 0 Å². The zero-order valence-corrected chi connectivity index (χ0v) is 18.2. The number of likely N-dealkylation sites (tertiary alicyclic amines) is 1. The maximum Gasteiger partial charge on any atom is 0.407 e. The molecule has 8 heteroatoms. The summed E-state index contributed by atoms with van der Waals surface area (Å²) in [6, 6.07) is 6.15. The number of nitrogens with zero attached hydrogens (tertiary/aromatic N) is 1. The molecule has 2 unspecified atom stereocenters. The zero-order valence-electron chi connectivity index (χ0n) is 15.6. The van der Waals surface area contributed by atoms with Gasteiger partial charge in [0.05, 0.1) is 12.1 Å². The van der Waals surface area contributed by atoms with Crippen LogP contribution in [0.15, 0.2) is 22.7 Å². The molecular weight excluding hydrogens is 418 g/mol. The standard InChI is InChI=1S/C18H28BrNO5Si/c1-26(2,3)9-8-24-12-25-17-10-13(19)4-5-15(17)16-11-14(21)6-7-20(16)18(22)23/h4-5,10,14,16,21H,6-9,11-12H2,1-3H3,(H,22,23). The number of carbonyl (C=O) groups is 1. The van der Waals surface area contributed by atoms with E-state index in [-0.39, 0.29) is 6.79 Å². The highest BCUT2D eigenvalue weighted by atomic mass is 79.9. The van der Waals surface area contributed by atoms with Crippen molar-refractivity contribution >= 4 is 30.1 Å². The third kappa shape index (κ3) is 6.26. The molecule has 2 N–H and O–H groups in total. The second-order valence-electron chi connectivity index (χ2n) is 7.83. The second kappa shape index (κ2) is 9.21. The highest BCUT2D eigenvalue weighted by Gasteiger charge is 2.33. The monoisotopic (exact) mass is 445 g/mol. The quantitative estimate of drug-likeness (QED) is 0.371. The number of rotatable bonds is 7. The van der Waals surface area contributed by atoms with Gasteiger partial charge in [-0.2, -0.15) is 0 Å². The molecule has 0 saturated carbocycles. The number of aliphatic hydroxyl groups excluding tert-OH is 1. The van der Waals surface area contributed by atoms with E-state index in [0.29, 0.717) is 31.7 Å². The Kier molecular flexibility index (Phi) is 7.51. The molecule has 0 radical (unpaired) electrons. The Hall–Kier alpha value is -1.09. The van der Waals surface area contributed by atoms with Crippen molar-refractivity contribution in [2.45, 2.75) is 50.7 Å². The van der Waals surface area contributed by atoms with E-state index >= 15 is 0 Å². The first-order valence-corrected chi connectivity index (χ1v) is 13.3. The van der Waals surface area contributed by atoms with E-state index in [0.717, 1.165) is 16.1 Å². The average molecular weight is 446 g/mol. The van der Waals surface area contributed by atoms with Gasteiger partial charge in [0.25, 0.3) is 0 Å². The number of hydrogen-bond acceptors (Lipinski definition) is 4. The van der Waals surface area contributed by atoms with Crippen molar-refractivity contribution in [2.24, 2.45) is 0 Å². The van der Waals surface area contributed by atoms with Crippen LogP contribution in [0.1, 0.15) is 24.4 Å². The summed E-state index contributed by atoms with van der Waals surface area (Å²) >= 11 is 3.43. The third-order valence-corrected chi connectivity index (χ3v) is 6.65. The molecule has 146 valence electrons. The van der Waals surface area contributed by atoms with Crippen LogP contribution in [0.5, 0.6) is 5.75 Å². The van der Waals surface area contributed by atoms with Gasteiger partial charge in [-0.25, -0.2) is 4.79 Å². The summed E-state index contributed by atoms with van der Waals surface area (Å²) in [6.45, 7) is 7.96. The molecule has 1 heterocycles. The first-order chi connectivity index (χ1) is 12.2. The van der Waals surface area contributed by atoms with Crippen molar-refractivity contribution in [2.75, 3.05) is 19.9 Å². The Morgan fingerprint density at radius 3 is 2.77 bits per heavy atom. The molecule has 0 aromatic heterocycles. The highest BCUT2D eigenvalue weighted by Crippen LogP contribution is 2.37. The van der Waals surface area contributed by atoms with Gasteiger partial charge in [-0.1, -0.05) is 41.6 Å². The van der Waals surface area contributed by atoms with Crippen LogP contribution in [-0.4, -0.2) is 55.3 Å². The Bertz CT molecular complexity index is 622. The van der Waals surface area contributed by atoms with Crippen LogP contribution in [0.2, 0.25) is 25.7 Å². The zero-order chi connectivity index (χ0) is 19.3. The van der Waals surface area contributed by atoms with E-state index in [1.807, 2.05) is 18.2 Å². The third-order valence-electron chi connectivity index (χ3n) is 4.45. The van der Waals surface area contributed by atoms with E-state index in [9.17, 15) is 15.0 Å². The Morgan fingerprint density at radius 2 is 2.12 bits per heavy atom. The Balaban J connectivity index is 2.09. The molecule has 0 bridgehead atoms. The predicted molar refractivity (Wildman–Crippen MR) is 106 cm³/mol. The maximum atomic E-state index is 11.6. The maximum absolute atomic E-state index is 11.6. The number of amides is 1. The molecule has 1 aromatic carbocycles. The van der Waals surface area contributed by atoms with Crippen LogP contribution in [-0.2, 0) is 4.74 Å². The highest BCUT2D eigenvalue weighted by molar-refractivity contribution is 9.10. The van der Waals surface area contributed by atoms with Crippen molar-refractivity contribution in [1.29, 1.82) is 0 Å². The minimum absolute atomic E-state index is 0.121. The fourth-order valence-corrected chi connectivity index (χ4v) is 4.02. The SMILES string of the molecule is C[Si](C)(C)CCOCOc1cc(Br)ccc1C1CC(O)CCN1C(=O)O. The van der Waals surface area contributed by atoms with Crippen LogP contribution >= 0.6 is 15.9 Å². The molecule has 1 fully saturated rings. The molecule has 26 heavy (non-hydrogen) atoms. The lowest BCUT2D eigenvalue weighted by atomic mass is 9.93. The van der Waals surface area contributed by atoms with E-state index in [2.05, 4.69) is 35.6 Å². The lowest BCUT2D eigenvalue weighted by Gasteiger charge is -2.36. The fraction of sp³-hybridized carbons (Fsp3) is 0.611. The van der Waals surface area contributed by atoms with Gasteiger partial charge in [-0.3, -0.25) is 0 Å². The molecular formula is C18H28BrNO5Si. The largest absolute Gasteiger partial charge is 0.467 e. The number of benzene rings is 1. The minimum atomic E-state index is -1.15. The summed E-state index contributed by atoms with van der Waals surface area (Å²) in [5, 5.41) is 19.5. The van der Waals surface area contributed by atoms with Crippen molar-refractivity contribution < 1.29 is 24.5 Å². The molecule has 1 amide bonds. The van der Waals surface area contributed by atoms with Gasteiger partial charge in [0.15, 0.2) is 6.79 Å². The van der Waals surface area contributed by atoms with Crippen LogP contribution in [0.25, 0.3) is 0 Å². The molecule has 1 aliphatic rings. The van der Waals surface area contributed by atoms with Gasteiger partial charge >= 0.3 is 6.09 Å². The summed E-state index contributed by atoms with van der Waals surface area (Å²) in [5.74, 6) is 0.581. The first kappa shape index (κ1) is 21.2. The summed E-state index contributed by atoms with van der Waals surface area (Å²) in [5.41, 5.74) is 0.753. The number of carboxylic acid groups (broad SMARTS) is 1. The normalized spacial score (nSPS) is 20.9. The number of hydrogen-bond donors (Lipinski definition) is 2. The summed E-state index contributed by atoms with van der Waals surface area (Å²) < 4.78 is 12.3. The van der Waals surface area contributed by atoms with Gasteiger partial charge < -0.3 is 24.6 Å². The second-order valence-corrected chi connectivity index (χ2v) is 14.4. The number of halogens is 1. The van der Waals surface area contributed by atoms with Crippen molar-refractivity contribution in [3.8, 4) is 5.75 Å². The lowest BCUT2D eigenvalue weighted by Crippen LogP contribution is -2.42. The smallest absolute Gasteiger partial charge is 0.407 e. The molecule has 1 aliphatic heterocycles. The van der Waals surface area contributed by atoms with Crippen molar-refractivity contribution in [1.82, 2.24) is 4.90 Å². The molecule has 2 rings (SSSR count). The van der Waals surface area contributed by atoms with Crippen LogP contribution in [0.3, 0.4) is 0 Å². The van der Waals surface area contributed by atoms with E-state index in [1.165, 1.54) is 4.90 Å².